The molecular weight excluding hydrogens is 268 g/mol. The molecule has 4 N–H and O–H groups in total. The van der Waals surface area contributed by atoms with E-state index in [2.05, 4.69) is 5.32 Å². The van der Waals surface area contributed by atoms with Crippen molar-refractivity contribution in [1.82, 2.24) is 5.32 Å². The highest BCUT2D eigenvalue weighted by molar-refractivity contribution is 5.91. The second-order valence-electron chi connectivity index (χ2n) is 7.00. The van der Waals surface area contributed by atoms with Crippen LogP contribution in [0.25, 0.3) is 0 Å². The first-order valence-corrected chi connectivity index (χ1v) is 8.29. The van der Waals surface area contributed by atoms with Crippen LogP contribution >= 0.6 is 0 Å². The fraction of sp³-hybridized carbons (Fsp3) is 0.938. The molecule has 0 amide bonds. The molecule has 5 heteroatoms. The van der Waals surface area contributed by atoms with Crippen LogP contribution in [0.15, 0.2) is 0 Å². The minimum atomic E-state index is -1.14. The highest BCUT2D eigenvalue weighted by Crippen LogP contribution is 2.28. The zero-order valence-corrected chi connectivity index (χ0v) is 13.3. The first-order chi connectivity index (χ1) is 9.92. The van der Waals surface area contributed by atoms with Crippen molar-refractivity contribution < 1.29 is 14.6 Å². The van der Waals surface area contributed by atoms with Crippen LogP contribution in [0.2, 0.25) is 0 Å². The zero-order valence-electron chi connectivity index (χ0n) is 13.3. The summed E-state index contributed by atoms with van der Waals surface area (Å²) in [5.74, 6) is 0.262. The van der Waals surface area contributed by atoms with Crippen LogP contribution in [-0.4, -0.2) is 47.8 Å². The average molecular weight is 298 g/mol. The molecule has 122 valence electrons. The van der Waals surface area contributed by atoms with E-state index >= 15 is 0 Å². The molecule has 1 saturated heterocycles. The number of ketones is 1. The number of ether oxygens (including phenoxy) is 1. The highest BCUT2D eigenvalue weighted by atomic mass is 16.5. The van der Waals surface area contributed by atoms with Gasteiger partial charge in [-0.3, -0.25) is 4.79 Å². The Hall–Kier alpha value is -0.490. The quantitative estimate of drug-likeness (QED) is 0.704. The van der Waals surface area contributed by atoms with Gasteiger partial charge in [0, 0.05) is 19.1 Å². The molecule has 1 heterocycles. The third-order valence-corrected chi connectivity index (χ3v) is 4.88. The number of hydrogen-bond donors (Lipinski definition) is 3. The zero-order chi connectivity index (χ0) is 15.5. The van der Waals surface area contributed by atoms with Crippen LogP contribution in [-0.2, 0) is 9.53 Å². The van der Waals surface area contributed by atoms with Crippen molar-refractivity contribution in [3.63, 3.8) is 0 Å². The van der Waals surface area contributed by atoms with E-state index in [0.29, 0.717) is 12.5 Å². The molecule has 1 unspecified atom stereocenters. The van der Waals surface area contributed by atoms with Gasteiger partial charge in [0.05, 0.1) is 6.10 Å². The maximum Gasteiger partial charge on any atom is 0.195 e. The molecular formula is C16H30N2O3. The predicted octanol–water partition coefficient (Wildman–Crippen LogP) is 0.981. The van der Waals surface area contributed by atoms with Gasteiger partial charge in [0.15, 0.2) is 5.78 Å². The van der Waals surface area contributed by atoms with Crippen molar-refractivity contribution in [2.24, 2.45) is 11.7 Å². The van der Waals surface area contributed by atoms with Gasteiger partial charge in [0.25, 0.3) is 0 Å². The van der Waals surface area contributed by atoms with Gasteiger partial charge < -0.3 is 20.9 Å². The van der Waals surface area contributed by atoms with Crippen molar-refractivity contribution >= 4 is 5.78 Å². The van der Waals surface area contributed by atoms with Crippen molar-refractivity contribution in [3.8, 4) is 0 Å². The summed E-state index contributed by atoms with van der Waals surface area (Å²) in [5, 5.41) is 13.5. The molecule has 2 aliphatic rings. The van der Waals surface area contributed by atoms with E-state index in [1.807, 2.05) is 6.92 Å². The lowest BCUT2D eigenvalue weighted by Gasteiger charge is -2.39. The molecule has 2 rings (SSSR count). The number of carbonyl (C=O) groups excluding carboxylic acids is 1. The van der Waals surface area contributed by atoms with E-state index in [4.69, 9.17) is 10.5 Å². The van der Waals surface area contributed by atoms with Crippen LogP contribution in [0.3, 0.4) is 0 Å². The van der Waals surface area contributed by atoms with Crippen LogP contribution in [0.1, 0.15) is 52.4 Å². The van der Waals surface area contributed by atoms with Gasteiger partial charge in [0.1, 0.15) is 11.7 Å². The number of nitrogens with one attached hydrogen (secondary N) is 1. The molecule has 5 nitrogen and oxygen atoms in total. The Kier molecular flexibility index (Phi) is 5.77. The number of Topliss-reactive ketones (excluding diaryl/α,β-unsaturated/α-hetero) is 1. The summed E-state index contributed by atoms with van der Waals surface area (Å²) < 4.78 is 5.77. The molecule has 0 bridgehead atoms. The Morgan fingerprint density at radius 1 is 1.43 bits per heavy atom. The summed E-state index contributed by atoms with van der Waals surface area (Å²) in [5.41, 5.74) is 5.13. The topological polar surface area (TPSA) is 84.6 Å². The van der Waals surface area contributed by atoms with Crippen LogP contribution in [0.5, 0.6) is 0 Å². The second kappa shape index (κ2) is 7.18. The highest BCUT2D eigenvalue weighted by Gasteiger charge is 2.43. The third kappa shape index (κ3) is 4.25. The summed E-state index contributed by atoms with van der Waals surface area (Å²) in [6.07, 6.45) is 5.67. The molecule has 1 saturated carbocycles. The SMILES string of the molecule is C[C@H]1CNC[C@](C)(C(=O)C(O)[C@H](N)CC2CCCCC2)O1. The molecule has 1 aliphatic heterocycles. The normalized spacial score (nSPS) is 34.4. The summed E-state index contributed by atoms with van der Waals surface area (Å²) >= 11 is 0. The van der Waals surface area contributed by atoms with Crippen molar-refractivity contribution in [3.05, 3.63) is 0 Å². The smallest absolute Gasteiger partial charge is 0.195 e. The van der Waals surface area contributed by atoms with Gasteiger partial charge in [0.2, 0.25) is 0 Å². The van der Waals surface area contributed by atoms with Crippen LogP contribution in [0.4, 0.5) is 0 Å². The van der Waals surface area contributed by atoms with E-state index < -0.39 is 17.7 Å². The lowest BCUT2D eigenvalue weighted by Crippen LogP contribution is -2.60. The predicted molar refractivity (Wildman–Crippen MR) is 82.0 cm³/mol. The largest absolute Gasteiger partial charge is 0.384 e. The van der Waals surface area contributed by atoms with Gasteiger partial charge in [-0.05, 0) is 26.2 Å². The third-order valence-electron chi connectivity index (χ3n) is 4.88. The summed E-state index contributed by atoms with van der Waals surface area (Å²) in [6.45, 7) is 4.83. The Labute approximate surface area is 127 Å². The monoisotopic (exact) mass is 298 g/mol. The van der Waals surface area contributed by atoms with Gasteiger partial charge in [-0.25, -0.2) is 0 Å². The molecule has 2 fully saturated rings. The number of nitrogens with two attached hydrogens (primary N) is 1. The molecule has 0 aromatic heterocycles. The second-order valence-corrected chi connectivity index (χ2v) is 7.00. The van der Waals surface area contributed by atoms with Crippen molar-refractivity contribution in [1.29, 1.82) is 0 Å². The molecule has 4 atom stereocenters. The molecule has 0 aromatic rings. The lowest BCUT2D eigenvalue weighted by atomic mass is 9.82. The van der Waals surface area contributed by atoms with Gasteiger partial charge in [-0.15, -0.1) is 0 Å². The number of aliphatic hydroxyl groups is 1. The fourth-order valence-electron chi connectivity index (χ4n) is 3.63. The molecule has 0 aromatic carbocycles. The fourth-order valence-corrected chi connectivity index (χ4v) is 3.63. The molecule has 1 aliphatic carbocycles. The van der Waals surface area contributed by atoms with E-state index in [1.54, 1.807) is 6.92 Å². The first kappa shape index (κ1) is 16.9. The number of carbonyl (C=O) groups is 1. The van der Waals surface area contributed by atoms with Crippen LogP contribution in [0, 0.1) is 5.92 Å². The summed E-state index contributed by atoms with van der Waals surface area (Å²) in [4.78, 5) is 12.6. The van der Waals surface area contributed by atoms with Gasteiger partial charge >= 0.3 is 0 Å². The minimum absolute atomic E-state index is 0.0329. The molecule has 21 heavy (non-hydrogen) atoms. The first-order valence-electron chi connectivity index (χ1n) is 8.29. The lowest BCUT2D eigenvalue weighted by molar-refractivity contribution is -0.163. The Morgan fingerprint density at radius 3 is 2.71 bits per heavy atom. The Bertz CT molecular complexity index is 357. The Morgan fingerprint density at radius 2 is 2.10 bits per heavy atom. The molecule has 0 spiro atoms. The van der Waals surface area contributed by atoms with Crippen molar-refractivity contribution in [2.45, 2.75) is 76.2 Å². The number of rotatable bonds is 5. The summed E-state index contributed by atoms with van der Waals surface area (Å²) in [7, 11) is 0. The summed E-state index contributed by atoms with van der Waals surface area (Å²) in [6, 6.07) is -0.488. The number of aliphatic hydroxyl groups excluding tert-OH is 1. The average Bonchev–Trinajstić information content (AvgIpc) is 2.46. The van der Waals surface area contributed by atoms with Gasteiger partial charge in [-0.2, -0.15) is 0 Å². The van der Waals surface area contributed by atoms with E-state index in [9.17, 15) is 9.90 Å². The Balaban J connectivity index is 1.90. The van der Waals surface area contributed by atoms with Gasteiger partial charge in [-0.1, -0.05) is 32.1 Å². The minimum Gasteiger partial charge on any atom is -0.384 e. The van der Waals surface area contributed by atoms with E-state index in [0.717, 1.165) is 13.0 Å². The molecule has 0 radical (unpaired) electrons. The maximum absolute atomic E-state index is 12.6. The maximum atomic E-state index is 12.6. The van der Waals surface area contributed by atoms with Crippen molar-refractivity contribution in [2.75, 3.05) is 13.1 Å². The standard InChI is InChI=1S/C16H30N2O3/c1-11-9-18-10-16(2,21-11)15(20)14(19)13(17)8-12-6-4-3-5-7-12/h11-14,18-19H,3-10,17H2,1-2H3/t11-,13+,14?,16+/m0/s1. The number of hydrogen-bond acceptors (Lipinski definition) is 5. The van der Waals surface area contributed by atoms with Crippen LogP contribution < -0.4 is 11.1 Å². The van der Waals surface area contributed by atoms with E-state index in [-0.39, 0.29) is 11.9 Å². The van der Waals surface area contributed by atoms with E-state index in [1.165, 1.54) is 32.1 Å². The number of morpholine rings is 1.